The van der Waals surface area contributed by atoms with Crippen LogP contribution in [0, 0.1) is 0 Å². The maximum Gasteiger partial charge on any atom is 0.306 e. The fraction of sp³-hybridized carbons (Fsp3) is 0.400. The Morgan fingerprint density at radius 3 is 2.50 bits per heavy atom. The van der Waals surface area contributed by atoms with Crippen LogP contribution in [0.2, 0.25) is 0 Å². The first-order valence-corrected chi connectivity index (χ1v) is 6.80. The summed E-state index contributed by atoms with van der Waals surface area (Å²) in [6, 6.07) is 9.94. The highest BCUT2D eigenvalue weighted by molar-refractivity contribution is 5.69. The summed E-state index contributed by atoms with van der Waals surface area (Å²) in [5, 5.41) is 6.38. The molecule has 0 bridgehead atoms. The molecule has 0 radical (unpaired) electrons. The molecule has 108 valence electrons. The highest BCUT2D eigenvalue weighted by Gasteiger charge is 2.01. The molecule has 0 atom stereocenters. The highest BCUT2D eigenvalue weighted by atomic mass is 16.5. The second-order valence-electron chi connectivity index (χ2n) is 4.08. The van der Waals surface area contributed by atoms with Gasteiger partial charge in [0, 0.05) is 12.8 Å². The van der Waals surface area contributed by atoms with Crippen molar-refractivity contribution in [3.63, 3.8) is 0 Å². The van der Waals surface area contributed by atoms with E-state index in [0.29, 0.717) is 13.0 Å². The summed E-state index contributed by atoms with van der Waals surface area (Å²) < 4.78 is 4.82. The number of carbonyl (C=O) groups excluding carboxylic acids is 1. The van der Waals surface area contributed by atoms with Crippen LogP contribution >= 0.6 is 0 Å². The first-order valence-electron chi connectivity index (χ1n) is 6.80. The number of nitrogens with zero attached hydrogens (tertiary/aromatic N) is 2. The van der Waals surface area contributed by atoms with Crippen molar-refractivity contribution in [3.05, 3.63) is 48.0 Å². The van der Waals surface area contributed by atoms with Gasteiger partial charge in [-0.05, 0) is 18.9 Å². The number of aromatic nitrogens is 3. The van der Waals surface area contributed by atoms with Crippen LogP contribution in [-0.2, 0) is 22.4 Å². The Kier molecular flexibility index (Phi) is 7.72. The second-order valence-corrected chi connectivity index (χ2v) is 4.08. The normalized spacial score (nSPS) is 9.50. The molecule has 0 aliphatic heterocycles. The minimum absolute atomic E-state index is 0.119. The van der Waals surface area contributed by atoms with Gasteiger partial charge in [0.2, 0.25) is 0 Å². The van der Waals surface area contributed by atoms with Crippen molar-refractivity contribution in [2.45, 2.75) is 33.1 Å². The van der Waals surface area contributed by atoms with E-state index in [2.05, 4.69) is 15.2 Å². The molecule has 1 aromatic carbocycles. The van der Waals surface area contributed by atoms with Crippen LogP contribution in [0.25, 0.3) is 0 Å². The Labute approximate surface area is 119 Å². The number of aromatic amines is 1. The van der Waals surface area contributed by atoms with Gasteiger partial charge in [0.05, 0.1) is 6.61 Å². The van der Waals surface area contributed by atoms with Crippen molar-refractivity contribution in [3.8, 4) is 0 Å². The third kappa shape index (κ3) is 6.68. The Morgan fingerprint density at radius 2 is 2.00 bits per heavy atom. The maximum atomic E-state index is 11.0. The summed E-state index contributed by atoms with van der Waals surface area (Å²) in [4.78, 5) is 14.9. The first kappa shape index (κ1) is 15.9. The molecular formula is C15H21N3O2. The fourth-order valence-electron chi connectivity index (χ4n) is 1.53. The molecule has 0 saturated carbocycles. The summed E-state index contributed by atoms with van der Waals surface area (Å²) in [6.45, 7) is 4.31. The number of esters is 1. The molecule has 1 N–H and O–H groups in total. The van der Waals surface area contributed by atoms with Crippen LogP contribution in [0.4, 0.5) is 0 Å². The van der Waals surface area contributed by atoms with Crippen molar-refractivity contribution < 1.29 is 9.53 Å². The zero-order chi connectivity index (χ0) is 14.6. The van der Waals surface area contributed by atoms with Gasteiger partial charge in [-0.25, -0.2) is 4.98 Å². The molecule has 5 heteroatoms. The van der Waals surface area contributed by atoms with E-state index in [4.69, 9.17) is 4.74 Å². The average Bonchev–Trinajstić information content (AvgIpc) is 3.01. The zero-order valence-corrected chi connectivity index (χ0v) is 12.0. The molecule has 20 heavy (non-hydrogen) atoms. The van der Waals surface area contributed by atoms with Gasteiger partial charge in [-0.2, -0.15) is 5.10 Å². The monoisotopic (exact) mass is 275 g/mol. The molecule has 0 aliphatic carbocycles. The average molecular weight is 275 g/mol. The van der Waals surface area contributed by atoms with Gasteiger partial charge < -0.3 is 4.74 Å². The number of aryl methyl sites for hydroxylation is 2. The van der Waals surface area contributed by atoms with E-state index in [0.717, 1.165) is 18.7 Å². The second kappa shape index (κ2) is 9.72. The number of nitrogens with one attached hydrogen (secondary N) is 1. The molecule has 0 spiro atoms. The van der Waals surface area contributed by atoms with Crippen LogP contribution in [0.15, 0.2) is 36.7 Å². The summed E-state index contributed by atoms with van der Waals surface area (Å²) >= 11 is 0. The van der Waals surface area contributed by atoms with E-state index in [9.17, 15) is 4.79 Å². The van der Waals surface area contributed by atoms with E-state index >= 15 is 0 Å². The molecule has 2 aromatic rings. The molecular weight excluding hydrogens is 254 g/mol. The highest BCUT2D eigenvalue weighted by Crippen LogP contribution is 2.02. The largest absolute Gasteiger partial charge is 0.466 e. The molecule has 5 nitrogen and oxygen atoms in total. The molecule has 0 unspecified atom stereocenters. The predicted octanol–water partition coefficient (Wildman–Crippen LogP) is 2.55. The molecule has 1 heterocycles. The minimum Gasteiger partial charge on any atom is -0.466 e. The standard InChI is InChI=1S/C11H14O2.C4H7N3/c1-2-13-11(12)9-8-10-6-4-3-5-7-10;1-2-4-5-3-6-7-4/h3-7H,2,8-9H2,1H3;3H,2H2,1H3,(H,5,6,7). The number of hydrogen-bond acceptors (Lipinski definition) is 4. The molecule has 0 aliphatic rings. The summed E-state index contributed by atoms with van der Waals surface area (Å²) in [5.41, 5.74) is 1.18. The number of hydrogen-bond donors (Lipinski definition) is 1. The third-order valence-corrected chi connectivity index (χ3v) is 2.57. The van der Waals surface area contributed by atoms with Crippen LogP contribution in [0.5, 0.6) is 0 Å². The van der Waals surface area contributed by atoms with E-state index in [1.54, 1.807) is 0 Å². The lowest BCUT2D eigenvalue weighted by molar-refractivity contribution is -0.143. The van der Waals surface area contributed by atoms with Crippen molar-refractivity contribution in [2.24, 2.45) is 0 Å². The van der Waals surface area contributed by atoms with Crippen molar-refractivity contribution in [2.75, 3.05) is 6.61 Å². The number of rotatable bonds is 5. The topological polar surface area (TPSA) is 67.9 Å². The zero-order valence-electron chi connectivity index (χ0n) is 12.0. The summed E-state index contributed by atoms with van der Waals surface area (Å²) in [5.74, 6) is 0.825. The molecule has 0 fully saturated rings. The van der Waals surface area contributed by atoms with Crippen LogP contribution < -0.4 is 0 Å². The lowest BCUT2D eigenvalue weighted by Crippen LogP contribution is -2.04. The maximum absolute atomic E-state index is 11.0. The van der Waals surface area contributed by atoms with E-state index < -0.39 is 0 Å². The van der Waals surface area contributed by atoms with Gasteiger partial charge in [-0.15, -0.1) is 0 Å². The smallest absolute Gasteiger partial charge is 0.306 e. The quantitative estimate of drug-likeness (QED) is 0.851. The molecule has 2 rings (SSSR count). The fourth-order valence-corrected chi connectivity index (χ4v) is 1.53. The summed E-state index contributed by atoms with van der Waals surface area (Å²) in [6.07, 6.45) is 3.68. The number of ether oxygens (including phenoxy) is 1. The van der Waals surface area contributed by atoms with Crippen LogP contribution in [-0.4, -0.2) is 27.8 Å². The first-order chi connectivity index (χ1) is 9.76. The van der Waals surface area contributed by atoms with Gasteiger partial charge in [0.25, 0.3) is 0 Å². The Bertz CT molecular complexity index is 469. The van der Waals surface area contributed by atoms with Crippen molar-refractivity contribution in [1.29, 1.82) is 0 Å². The predicted molar refractivity (Wildman–Crippen MR) is 77.2 cm³/mol. The Hall–Kier alpha value is -2.17. The van der Waals surface area contributed by atoms with Gasteiger partial charge in [-0.3, -0.25) is 9.89 Å². The number of benzene rings is 1. The van der Waals surface area contributed by atoms with Gasteiger partial charge in [0.15, 0.2) is 0 Å². The number of carbonyl (C=O) groups is 1. The van der Waals surface area contributed by atoms with Gasteiger partial charge >= 0.3 is 5.97 Å². The lowest BCUT2D eigenvalue weighted by Gasteiger charge is -2.01. The Balaban J connectivity index is 0.000000240. The van der Waals surface area contributed by atoms with Gasteiger partial charge in [-0.1, -0.05) is 37.3 Å². The lowest BCUT2D eigenvalue weighted by atomic mass is 10.1. The van der Waals surface area contributed by atoms with Crippen molar-refractivity contribution in [1.82, 2.24) is 15.2 Å². The summed E-state index contributed by atoms with van der Waals surface area (Å²) in [7, 11) is 0. The van der Waals surface area contributed by atoms with Crippen LogP contribution in [0.1, 0.15) is 31.7 Å². The van der Waals surface area contributed by atoms with Gasteiger partial charge in [0.1, 0.15) is 12.2 Å². The van der Waals surface area contributed by atoms with Crippen molar-refractivity contribution >= 4 is 5.97 Å². The van der Waals surface area contributed by atoms with E-state index in [-0.39, 0.29) is 5.97 Å². The molecule has 1 aromatic heterocycles. The minimum atomic E-state index is -0.119. The third-order valence-electron chi connectivity index (χ3n) is 2.57. The van der Waals surface area contributed by atoms with Crippen LogP contribution in [0.3, 0.4) is 0 Å². The molecule has 0 saturated heterocycles. The Morgan fingerprint density at radius 1 is 1.25 bits per heavy atom. The van der Waals surface area contributed by atoms with E-state index in [1.165, 1.54) is 11.9 Å². The molecule has 0 amide bonds. The van der Waals surface area contributed by atoms with E-state index in [1.807, 2.05) is 44.2 Å². The SMILES string of the molecule is CCOC(=O)CCc1ccccc1.CCc1ncn[nH]1. The number of H-pyrrole nitrogens is 1.